The van der Waals surface area contributed by atoms with E-state index in [0.717, 1.165) is 47.5 Å². The summed E-state index contributed by atoms with van der Waals surface area (Å²) in [6.45, 7) is 12.0. The number of nitrogens with zero attached hydrogens (tertiary/aromatic N) is 3. The van der Waals surface area contributed by atoms with Crippen LogP contribution in [0.4, 0.5) is 0 Å². The molecule has 2 fully saturated rings. The van der Waals surface area contributed by atoms with E-state index in [2.05, 4.69) is 69.9 Å². The summed E-state index contributed by atoms with van der Waals surface area (Å²) in [5.74, 6) is 0.104. The lowest BCUT2D eigenvalue weighted by atomic mass is 9.65. The molecule has 2 heterocycles. The first-order valence-corrected chi connectivity index (χ1v) is 11.7. The van der Waals surface area contributed by atoms with Gasteiger partial charge in [0, 0.05) is 18.2 Å². The van der Waals surface area contributed by atoms with E-state index in [1.807, 2.05) is 28.9 Å². The van der Waals surface area contributed by atoms with Gasteiger partial charge in [-0.2, -0.15) is 5.10 Å². The molecule has 1 amide bonds. The Morgan fingerprint density at radius 2 is 1.75 bits per heavy atom. The second-order valence-corrected chi connectivity index (χ2v) is 11.1. The van der Waals surface area contributed by atoms with Gasteiger partial charge in [-0.15, -0.1) is 0 Å². The molecular weight excluding hydrogens is 394 g/mol. The molecule has 3 aromatic rings. The zero-order valence-electron chi connectivity index (χ0n) is 19.9. The minimum Gasteiger partial charge on any atom is -0.334 e. The van der Waals surface area contributed by atoms with E-state index in [-0.39, 0.29) is 16.7 Å². The number of likely N-dealkylation sites (tertiary alicyclic amines) is 1. The summed E-state index contributed by atoms with van der Waals surface area (Å²) in [5.41, 5.74) is 6.25. The number of carbonyl (C=O) groups is 1. The van der Waals surface area contributed by atoms with Crippen molar-refractivity contribution in [2.24, 2.45) is 10.8 Å². The van der Waals surface area contributed by atoms with Crippen molar-refractivity contribution in [2.45, 2.75) is 59.9 Å². The molecule has 32 heavy (non-hydrogen) atoms. The van der Waals surface area contributed by atoms with Gasteiger partial charge < -0.3 is 4.90 Å². The van der Waals surface area contributed by atoms with Crippen molar-refractivity contribution in [3.8, 4) is 16.9 Å². The Bertz CT molecular complexity index is 1180. The first kappa shape index (κ1) is 21.0. The molecule has 1 aliphatic heterocycles. The van der Waals surface area contributed by atoms with Crippen LogP contribution in [0, 0.1) is 24.7 Å². The number of fused-ring (bicyclic) bond motifs is 2. The van der Waals surface area contributed by atoms with Gasteiger partial charge in [-0.3, -0.25) is 4.79 Å². The summed E-state index contributed by atoms with van der Waals surface area (Å²) in [5, 5.41) is 4.95. The molecule has 0 spiro atoms. The summed E-state index contributed by atoms with van der Waals surface area (Å²) in [6.07, 6.45) is 3.34. The van der Waals surface area contributed by atoms with Crippen LogP contribution < -0.4 is 0 Å². The lowest BCUT2D eigenvalue weighted by Crippen LogP contribution is -2.38. The number of aromatic nitrogens is 2. The van der Waals surface area contributed by atoms with Crippen molar-refractivity contribution in [3.63, 3.8) is 0 Å². The summed E-state index contributed by atoms with van der Waals surface area (Å²) >= 11 is 0. The van der Waals surface area contributed by atoms with Crippen molar-refractivity contribution in [1.82, 2.24) is 14.7 Å². The SMILES string of the molecule is Cc1ccc(C)c(-n2nc(-c3ccccc3)cc2C(=O)N2CC3(C)CC2CC(C)(C)C3)c1. The van der Waals surface area contributed by atoms with Crippen molar-refractivity contribution >= 4 is 5.91 Å². The van der Waals surface area contributed by atoms with Crippen LogP contribution in [-0.4, -0.2) is 33.2 Å². The normalized spacial score (nSPS) is 24.0. The second kappa shape index (κ2) is 7.33. The maximum absolute atomic E-state index is 14.0. The Kier molecular flexibility index (Phi) is 4.81. The highest BCUT2D eigenvalue weighted by Crippen LogP contribution is 2.52. The van der Waals surface area contributed by atoms with Crippen molar-refractivity contribution in [1.29, 1.82) is 0 Å². The topological polar surface area (TPSA) is 38.1 Å². The van der Waals surface area contributed by atoms with E-state index in [1.54, 1.807) is 0 Å². The van der Waals surface area contributed by atoms with Gasteiger partial charge in [0.25, 0.3) is 5.91 Å². The Hall–Kier alpha value is -2.88. The fraction of sp³-hybridized carbons (Fsp3) is 0.429. The first-order chi connectivity index (χ1) is 15.1. The van der Waals surface area contributed by atoms with Gasteiger partial charge in [-0.25, -0.2) is 4.68 Å². The Morgan fingerprint density at radius 1 is 1.00 bits per heavy atom. The van der Waals surface area contributed by atoms with Crippen LogP contribution in [0.15, 0.2) is 54.6 Å². The average molecular weight is 428 g/mol. The van der Waals surface area contributed by atoms with Gasteiger partial charge in [0.1, 0.15) is 5.69 Å². The molecule has 2 aromatic carbocycles. The molecule has 2 bridgehead atoms. The molecule has 0 radical (unpaired) electrons. The van der Waals surface area contributed by atoms with Crippen LogP contribution in [0.5, 0.6) is 0 Å². The third-order valence-corrected chi connectivity index (χ3v) is 7.27. The molecule has 1 aromatic heterocycles. The molecule has 1 saturated carbocycles. The van der Waals surface area contributed by atoms with Crippen molar-refractivity contribution in [2.75, 3.05) is 6.54 Å². The fourth-order valence-corrected chi connectivity index (χ4v) is 6.26. The number of benzene rings is 2. The predicted octanol–water partition coefficient (Wildman–Crippen LogP) is 6.20. The van der Waals surface area contributed by atoms with Crippen LogP contribution in [0.3, 0.4) is 0 Å². The maximum Gasteiger partial charge on any atom is 0.272 e. The van der Waals surface area contributed by atoms with Crippen LogP contribution in [-0.2, 0) is 0 Å². The zero-order chi connectivity index (χ0) is 22.7. The maximum atomic E-state index is 14.0. The minimum absolute atomic E-state index is 0.104. The third-order valence-electron chi connectivity index (χ3n) is 7.27. The van der Waals surface area contributed by atoms with Crippen LogP contribution in [0.2, 0.25) is 0 Å². The summed E-state index contributed by atoms with van der Waals surface area (Å²) in [6, 6.07) is 18.8. The Balaban J connectivity index is 1.61. The average Bonchev–Trinajstić information content (AvgIpc) is 3.28. The highest BCUT2D eigenvalue weighted by atomic mass is 16.2. The number of hydrogen-bond acceptors (Lipinski definition) is 2. The van der Waals surface area contributed by atoms with Gasteiger partial charge in [0.15, 0.2) is 0 Å². The summed E-state index contributed by atoms with van der Waals surface area (Å²) < 4.78 is 1.88. The number of aryl methyl sites for hydroxylation is 2. The van der Waals surface area contributed by atoms with E-state index < -0.39 is 0 Å². The second-order valence-electron chi connectivity index (χ2n) is 11.1. The smallest absolute Gasteiger partial charge is 0.272 e. The highest BCUT2D eigenvalue weighted by molar-refractivity contribution is 5.95. The highest BCUT2D eigenvalue weighted by Gasteiger charge is 2.51. The van der Waals surface area contributed by atoms with Gasteiger partial charge in [-0.05, 0) is 67.2 Å². The number of carbonyl (C=O) groups excluding carboxylic acids is 1. The molecule has 2 atom stereocenters. The molecule has 166 valence electrons. The van der Waals surface area contributed by atoms with Gasteiger partial charge in [-0.1, -0.05) is 63.2 Å². The molecule has 5 rings (SSSR count). The molecule has 0 N–H and O–H groups in total. The quantitative estimate of drug-likeness (QED) is 0.499. The van der Waals surface area contributed by atoms with Gasteiger partial charge in [0.2, 0.25) is 0 Å². The molecule has 4 heteroatoms. The van der Waals surface area contributed by atoms with E-state index in [9.17, 15) is 4.79 Å². The summed E-state index contributed by atoms with van der Waals surface area (Å²) in [4.78, 5) is 16.2. The van der Waals surface area contributed by atoms with Crippen molar-refractivity contribution in [3.05, 3.63) is 71.4 Å². The van der Waals surface area contributed by atoms with E-state index in [4.69, 9.17) is 5.10 Å². The predicted molar refractivity (Wildman–Crippen MR) is 129 cm³/mol. The molecule has 4 nitrogen and oxygen atoms in total. The Labute approximate surface area is 191 Å². The molecule has 2 aliphatic rings. The lowest BCUT2D eigenvalue weighted by Gasteiger charge is -2.39. The van der Waals surface area contributed by atoms with Crippen LogP contribution >= 0.6 is 0 Å². The molecule has 1 saturated heterocycles. The van der Waals surface area contributed by atoms with E-state index in [1.165, 1.54) is 6.42 Å². The molecule has 1 aliphatic carbocycles. The van der Waals surface area contributed by atoms with Crippen LogP contribution in [0.25, 0.3) is 16.9 Å². The largest absolute Gasteiger partial charge is 0.334 e. The monoisotopic (exact) mass is 427 g/mol. The summed E-state index contributed by atoms with van der Waals surface area (Å²) in [7, 11) is 0. The molecular formula is C28H33N3O. The lowest BCUT2D eigenvalue weighted by molar-refractivity contribution is 0.0699. The van der Waals surface area contributed by atoms with E-state index >= 15 is 0 Å². The van der Waals surface area contributed by atoms with Crippen molar-refractivity contribution < 1.29 is 4.79 Å². The fourth-order valence-electron chi connectivity index (χ4n) is 6.26. The number of rotatable bonds is 3. The first-order valence-electron chi connectivity index (χ1n) is 11.7. The standard InChI is InChI=1S/C28H33N3O/c1-19-11-12-20(2)24(13-19)31-25(14-23(29-31)21-9-7-6-8-10-21)26(32)30-18-28(5)16-22(30)15-27(3,4)17-28/h6-14,22H,15-18H2,1-5H3. The van der Waals surface area contributed by atoms with Gasteiger partial charge in [0.05, 0.1) is 11.4 Å². The third kappa shape index (κ3) is 3.66. The Morgan fingerprint density at radius 3 is 2.50 bits per heavy atom. The van der Waals surface area contributed by atoms with E-state index in [0.29, 0.717) is 11.7 Å². The number of amides is 1. The molecule has 2 unspecified atom stereocenters. The van der Waals surface area contributed by atoms with Crippen LogP contribution in [0.1, 0.15) is 61.6 Å². The number of hydrogen-bond donors (Lipinski definition) is 0. The minimum atomic E-state index is 0.104. The van der Waals surface area contributed by atoms with Gasteiger partial charge >= 0.3 is 0 Å². The zero-order valence-corrected chi connectivity index (χ0v) is 19.9.